The second-order valence-electron chi connectivity index (χ2n) is 4.20. The van der Waals surface area contributed by atoms with E-state index in [-0.39, 0.29) is 23.8 Å². The maximum Gasteiger partial charge on any atom is 0.310 e. The number of carbonyl (C=O) groups excluding carboxylic acids is 2. The zero-order valence-electron chi connectivity index (χ0n) is 10.1. The quantitative estimate of drug-likeness (QED) is 0.527. The number of allylic oxidation sites excluding steroid dienone is 2. The number of esters is 2. The lowest BCUT2D eigenvalue weighted by Crippen LogP contribution is -2.40. The molecule has 0 spiro atoms. The summed E-state index contributed by atoms with van der Waals surface area (Å²) in [5, 5.41) is 0. The topological polar surface area (TPSA) is 52.6 Å². The predicted molar refractivity (Wildman–Crippen MR) is 58.5 cm³/mol. The lowest BCUT2D eigenvalue weighted by Gasteiger charge is -2.33. The molecule has 0 saturated carbocycles. The zero-order chi connectivity index (χ0) is 12.3. The van der Waals surface area contributed by atoms with Crippen molar-refractivity contribution in [2.75, 3.05) is 14.2 Å². The molecule has 0 amide bonds. The van der Waals surface area contributed by atoms with E-state index in [4.69, 9.17) is 9.47 Å². The second-order valence-corrected chi connectivity index (χ2v) is 4.20. The summed E-state index contributed by atoms with van der Waals surface area (Å²) in [4.78, 5) is 23.4. The summed E-state index contributed by atoms with van der Waals surface area (Å²) in [7, 11) is 2.68. The Kier molecular flexibility index (Phi) is 4.10. The van der Waals surface area contributed by atoms with Gasteiger partial charge in [0.15, 0.2) is 0 Å². The van der Waals surface area contributed by atoms with Gasteiger partial charge in [-0.1, -0.05) is 26.0 Å². The Morgan fingerprint density at radius 2 is 1.19 bits per heavy atom. The normalized spacial score (nSPS) is 33.2. The number of carbonyl (C=O) groups is 2. The first-order valence-corrected chi connectivity index (χ1v) is 5.37. The molecule has 0 aromatic carbocycles. The molecule has 4 nitrogen and oxygen atoms in total. The second kappa shape index (κ2) is 5.14. The van der Waals surface area contributed by atoms with Crippen LogP contribution < -0.4 is 0 Å². The van der Waals surface area contributed by atoms with Crippen molar-refractivity contribution in [1.29, 1.82) is 0 Å². The maximum absolute atomic E-state index is 11.7. The molecule has 4 atom stereocenters. The van der Waals surface area contributed by atoms with Crippen molar-refractivity contribution in [1.82, 2.24) is 0 Å². The summed E-state index contributed by atoms with van der Waals surface area (Å²) in [6.07, 6.45) is 3.90. The van der Waals surface area contributed by atoms with E-state index in [1.54, 1.807) is 0 Å². The molecular weight excluding hydrogens is 208 g/mol. The van der Waals surface area contributed by atoms with Crippen LogP contribution in [0.5, 0.6) is 0 Å². The number of ether oxygens (including phenoxy) is 2. The van der Waals surface area contributed by atoms with Crippen molar-refractivity contribution < 1.29 is 19.1 Å². The summed E-state index contributed by atoms with van der Waals surface area (Å²) in [6, 6.07) is 0. The van der Waals surface area contributed by atoms with Crippen molar-refractivity contribution in [3.8, 4) is 0 Å². The fourth-order valence-corrected chi connectivity index (χ4v) is 2.24. The van der Waals surface area contributed by atoms with Gasteiger partial charge in [-0.3, -0.25) is 9.59 Å². The Labute approximate surface area is 95.6 Å². The van der Waals surface area contributed by atoms with E-state index in [9.17, 15) is 9.59 Å². The molecule has 1 rings (SSSR count). The van der Waals surface area contributed by atoms with Crippen LogP contribution in [0.4, 0.5) is 0 Å². The average molecular weight is 226 g/mol. The highest BCUT2D eigenvalue weighted by molar-refractivity contribution is 5.83. The molecule has 0 bridgehead atoms. The molecule has 0 aliphatic heterocycles. The average Bonchev–Trinajstić information content (AvgIpc) is 2.29. The van der Waals surface area contributed by atoms with E-state index in [1.165, 1.54) is 14.2 Å². The molecule has 90 valence electrons. The highest BCUT2D eigenvalue weighted by Crippen LogP contribution is 2.35. The van der Waals surface area contributed by atoms with Gasteiger partial charge in [0, 0.05) is 0 Å². The SMILES string of the molecule is COC(=O)C1C(C)C=CC(C)C1C(=O)OC. The minimum atomic E-state index is -0.447. The molecule has 0 heterocycles. The van der Waals surface area contributed by atoms with Crippen LogP contribution in [0.15, 0.2) is 12.2 Å². The Balaban J connectivity index is 3.02. The highest BCUT2D eigenvalue weighted by atomic mass is 16.5. The van der Waals surface area contributed by atoms with Gasteiger partial charge in [0.05, 0.1) is 26.1 Å². The van der Waals surface area contributed by atoms with E-state index in [1.807, 2.05) is 26.0 Å². The summed E-state index contributed by atoms with van der Waals surface area (Å²) in [5.41, 5.74) is 0. The largest absolute Gasteiger partial charge is 0.469 e. The molecule has 16 heavy (non-hydrogen) atoms. The highest BCUT2D eigenvalue weighted by Gasteiger charge is 2.43. The van der Waals surface area contributed by atoms with Crippen LogP contribution >= 0.6 is 0 Å². The first-order chi connectivity index (χ1) is 7.52. The lowest BCUT2D eigenvalue weighted by molar-refractivity contribution is -0.161. The number of rotatable bonds is 2. The van der Waals surface area contributed by atoms with Crippen LogP contribution in [0.2, 0.25) is 0 Å². The van der Waals surface area contributed by atoms with Gasteiger partial charge >= 0.3 is 11.9 Å². The number of hydrogen-bond donors (Lipinski definition) is 0. The summed E-state index contributed by atoms with van der Waals surface area (Å²) in [6.45, 7) is 3.81. The standard InChI is InChI=1S/C12H18O4/c1-7-5-6-8(2)10(12(14)16-4)9(7)11(13)15-3/h5-10H,1-4H3. The summed E-state index contributed by atoms with van der Waals surface area (Å²) in [5.74, 6) is -1.60. The van der Waals surface area contributed by atoms with Crippen LogP contribution in [0.1, 0.15) is 13.8 Å². The fraction of sp³-hybridized carbons (Fsp3) is 0.667. The van der Waals surface area contributed by atoms with Crippen LogP contribution in [0, 0.1) is 23.7 Å². The first-order valence-electron chi connectivity index (χ1n) is 5.37. The Bertz CT molecular complexity index is 278. The van der Waals surface area contributed by atoms with Crippen LogP contribution in [-0.2, 0) is 19.1 Å². The van der Waals surface area contributed by atoms with Gasteiger partial charge in [0.25, 0.3) is 0 Å². The number of hydrogen-bond acceptors (Lipinski definition) is 4. The predicted octanol–water partition coefficient (Wildman–Crippen LogP) is 1.41. The molecule has 0 radical (unpaired) electrons. The molecule has 4 unspecified atom stereocenters. The molecule has 0 N–H and O–H groups in total. The zero-order valence-corrected chi connectivity index (χ0v) is 10.1. The summed E-state index contributed by atoms with van der Waals surface area (Å²) < 4.78 is 9.51. The molecule has 0 aromatic rings. The third-order valence-corrected chi connectivity index (χ3v) is 3.18. The molecular formula is C12H18O4. The Hall–Kier alpha value is -1.32. The van der Waals surface area contributed by atoms with Gasteiger partial charge < -0.3 is 9.47 Å². The van der Waals surface area contributed by atoms with Crippen LogP contribution in [0.25, 0.3) is 0 Å². The Morgan fingerprint density at radius 1 is 0.875 bits per heavy atom. The number of methoxy groups -OCH3 is 2. The smallest absolute Gasteiger partial charge is 0.310 e. The molecule has 4 heteroatoms. The van der Waals surface area contributed by atoms with E-state index < -0.39 is 11.8 Å². The third-order valence-electron chi connectivity index (χ3n) is 3.18. The monoisotopic (exact) mass is 226 g/mol. The van der Waals surface area contributed by atoms with Gasteiger partial charge in [-0.25, -0.2) is 0 Å². The van der Waals surface area contributed by atoms with E-state index in [2.05, 4.69) is 0 Å². The first kappa shape index (κ1) is 12.7. The van der Waals surface area contributed by atoms with E-state index >= 15 is 0 Å². The van der Waals surface area contributed by atoms with Crippen molar-refractivity contribution in [2.24, 2.45) is 23.7 Å². The Morgan fingerprint density at radius 3 is 1.44 bits per heavy atom. The lowest BCUT2D eigenvalue weighted by atomic mass is 9.71. The van der Waals surface area contributed by atoms with Crippen molar-refractivity contribution >= 4 is 11.9 Å². The molecule has 1 aliphatic carbocycles. The third kappa shape index (κ3) is 2.26. The van der Waals surface area contributed by atoms with Gasteiger partial charge in [-0.05, 0) is 11.8 Å². The van der Waals surface area contributed by atoms with Gasteiger partial charge in [0.1, 0.15) is 0 Å². The molecule has 0 saturated heterocycles. The van der Waals surface area contributed by atoms with Crippen molar-refractivity contribution in [2.45, 2.75) is 13.8 Å². The van der Waals surface area contributed by atoms with E-state index in [0.717, 1.165) is 0 Å². The minimum Gasteiger partial charge on any atom is -0.469 e. The summed E-state index contributed by atoms with van der Waals surface area (Å²) >= 11 is 0. The fourth-order valence-electron chi connectivity index (χ4n) is 2.24. The van der Waals surface area contributed by atoms with Crippen LogP contribution in [0.3, 0.4) is 0 Å². The minimum absolute atomic E-state index is 0.00671. The van der Waals surface area contributed by atoms with Gasteiger partial charge in [0.2, 0.25) is 0 Å². The molecule has 0 fully saturated rings. The maximum atomic E-state index is 11.7. The molecule has 1 aliphatic rings. The molecule has 0 aromatic heterocycles. The van der Waals surface area contributed by atoms with Crippen LogP contribution in [-0.4, -0.2) is 26.2 Å². The van der Waals surface area contributed by atoms with Crippen molar-refractivity contribution in [3.63, 3.8) is 0 Å². The van der Waals surface area contributed by atoms with Gasteiger partial charge in [-0.2, -0.15) is 0 Å². The van der Waals surface area contributed by atoms with E-state index in [0.29, 0.717) is 0 Å². The van der Waals surface area contributed by atoms with Gasteiger partial charge in [-0.15, -0.1) is 0 Å². The van der Waals surface area contributed by atoms with Crippen molar-refractivity contribution in [3.05, 3.63) is 12.2 Å².